The average molecular weight is 1190 g/mol. The first-order valence-corrected chi connectivity index (χ1v) is 30.0. The Morgan fingerprint density at radius 3 is 1.67 bits per heavy atom. The van der Waals surface area contributed by atoms with Crippen molar-refractivity contribution in [1.82, 2.24) is 4.57 Å². The molecule has 0 N–H and O–H groups in total. The number of para-hydroxylation sites is 5. The third kappa shape index (κ3) is 7.22. The largest absolute Gasteiger partial charge is 0.453 e. The summed E-state index contributed by atoms with van der Waals surface area (Å²) in [5.74, 6) is 0.0560. The van der Waals surface area contributed by atoms with Gasteiger partial charge < -0.3 is 23.2 Å². The number of hydrogen-bond acceptors (Lipinski definition) is 4. The Hall–Kier alpha value is -10.8. The second-order valence-corrected chi connectivity index (χ2v) is 24.2. The van der Waals surface area contributed by atoms with Gasteiger partial charge in [0.05, 0.1) is 44.6 Å². The summed E-state index contributed by atoms with van der Waals surface area (Å²) in [6.45, 7) is 4.04. The quantitative estimate of drug-likeness (QED) is 0.156. The van der Waals surface area contributed by atoms with E-state index in [9.17, 15) is 13.2 Å². The zero-order valence-electron chi connectivity index (χ0n) is 48.3. The van der Waals surface area contributed by atoms with E-state index in [1.165, 1.54) is 34.4 Å². The van der Waals surface area contributed by atoms with Crippen LogP contribution in [0.4, 0.5) is 60.5 Å². The molecule has 2 unspecified atom stereocenters. The molecule has 0 bridgehead atoms. The molecule has 5 nitrogen and oxygen atoms in total. The van der Waals surface area contributed by atoms with Crippen molar-refractivity contribution in [3.63, 3.8) is 0 Å². The molecule has 11 heteroatoms. The van der Waals surface area contributed by atoms with Gasteiger partial charge in [0.15, 0.2) is 11.2 Å². The molecule has 90 heavy (non-hydrogen) atoms. The average Bonchev–Trinajstić information content (AvgIpc) is 1.44. The van der Waals surface area contributed by atoms with Crippen LogP contribution in [0.25, 0.3) is 87.7 Å². The van der Waals surface area contributed by atoms with Crippen molar-refractivity contribution in [2.75, 3.05) is 9.80 Å². The number of halogens is 6. The highest BCUT2D eigenvalue weighted by atomic mass is 19.4. The summed E-state index contributed by atoms with van der Waals surface area (Å²) in [6, 6.07) is 68.5. The third-order valence-corrected chi connectivity index (χ3v) is 19.3. The molecule has 1 spiro atoms. The molecule has 0 radical (unpaired) electrons. The Bertz CT molecular complexity index is 5600. The first-order chi connectivity index (χ1) is 43.7. The number of fused-ring (bicyclic) bond motifs is 21. The minimum absolute atomic E-state index is 0.0560. The van der Waals surface area contributed by atoms with Crippen molar-refractivity contribution in [3.05, 3.63) is 298 Å². The Labute approximate surface area is 511 Å². The number of allylic oxidation sites excluding steroid dienone is 8. The summed E-state index contributed by atoms with van der Waals surface area (Å²) < 4.78 is 105. The SMILES string of the molecule is Cc1ccc(N(c2ccc3c(c2)c2cc(N(c4ccc(C)cc4)c4cccc5c4oc4c(C(F)(F)F)cccc45)cc4c2n3-c2ccccc2C42C3=C(c4c2ccc2ccccc42)C2CC=CC=C2C=C3)c2cccc3c2oc2c(C(F)(F)F)cccc23)cc1. The minimum Gasteiger partial charge on any atom is -0.453 e. The topological polar surface area (TPSA) is 37.7 Å². The number of alkyl halides is 6. The second kappa shape index (κ2) is 18.6. The predicted octanol–water partition coefficient (Wildman–Crippen LogP) is 22.8. The maximum absolute atomic E-state index is 15.0. The summed E-state index contributed by atoms with van der Waals surface area (Å²) in [4.78, 5) is 4.18. The Kier molecular flexibility index (Phi) is 10.8. The van der Waals surface area contributed by atoms with E-state index in [1.54, 1.807) is 18.2 Å². The predicted molar refractivity (Wildman–Crippen MR) is 349 cm³/mol. The van der Waals surface area contributed by atoms with Crippen LogP contribution in [0, 0.1) is 19.8 Å². The molecule has 0 saturated heterocycles. The third-order valence-electron chi connectivity index (χ3n) is 19.3. The molecule has 3 aromatic heterocycles. The summed E-state index contributed by atoms with van der Waals surface area (Å²) >= 11 is 0. The van der Waals surface area contributed by atoms with Gasteiger partial charge in [-0.15, -0.1) is 0 Å². The lowest BCUT2D eigenvalue weighted by atomic mass is 9.63. The van der Waals surface area contributed by atoms with E-state index in [1.807, 2.05) is 92.7 Å². The molecule has 0 fully saturated rings. The number of anilines is 6. The van der Waals surface area contributed by atoms with Crippen molar-refractivity contribution in [3.8, 4) is 5.69 Å². The van der Waals surface area contributed by atoms with Gasteiger partial charge in [-0.05, 0) is 155 Å². The highest BCUT2D eigenvalue weighted by Gasteiger charge is 2.54. The number of hydrogen-bond donors (Lipinski definition) is 0. The zero-order chi connectivity index (χ0) is 60.7. The highest BCUT2D eigenvalue weighted by molar-refractivity contribution is 6.18. The molecule has 1 aliphatic heterocycles. The van der Waals surface area contributed by atoms with E-state index in [0.717, 1.165) is 102 Å². The van der Waals surface area contributed by atoms with Gasteiger partial charge in [-0.1, -0.05) is 169 Å². The van der Waals surface area contributed by atoms with E-state index in [2.05, 4.69) is 136 Å². The standard InChI is InChI=1S/C79H49F6N3O2/c1-44-27-33-48(34-28-44)86(68-25-11-19-56-54-17-9-22-63(78(80,81)82)73(54)89-75(56)68)50-37-40-66-58(41-50)59-42-51(87(49-35-29-45(2)30-36-49)69-26-12-20-57-55-18-10-23-64(79(83,84)85)74(55)90-76(57)69)43-65-72(59)88(66)67-24-8-7-21-60(67)77(65)61-38-31-46-13-3-5-15-52(46)70(61)71-53-16-6-4-14-47(53)32-39-62(71)77/h3-15,17-43,53H,16H2,1-2H3. The molecule has 0 saturated carbocycles. The van der Waals surface area contributed by atoms with Crippen LogP contribution >= 0.6 is 0 Å². The van der Waals surface area contributed by atoms with Crippen molar-refractivity contribution in [2.24, 2.45) is 5.92 Å². The number of aromatic nitrogens is 1. The van der Waals surface area contributed by atoms with Gasteiger partial charge in [0.2, 0.25) is 0 Å². The fraction of sp³-hybridized carbons (Fsp3) is 0.0886. The smallest absolute Gasteiger partial charge is 0.420 e. The molecule has 14 aromatic rings. The van der Waals surface area contributed by atoms with Crippen LogP contribution in [-0.4, -0.2) is 4.57 Å². The van der Waals surface area contributed by atoms with Crippen molar-refractivity contribution >= 4 is 116 Å². The van der Waals surface area contributed by atoms with E-state index in [4.69, 9.17) is 8.83 Å². The van der Waals surface area contributed by atoms with Gasteiger partial charge in [0, 0.05) is 61.0 Å². The highest BCUT2D eigenvalue weighted by Crippen LogP contribution is 2.65. The summed E-state index contributed by atoms with van der Waals surface area (Å²) in [7, 11) is 0. The van der Waals surface area contributed by atoms with Crippen LogP contribution < -0.4 is 9.80 Å². The van der Waals surface area contributed by atoms with E-state index in [-0.39, 0.29) is 17.1 Å². The van der Waals surface area contributed by atoms with Crippen LogP contribution in [0.1, 0.15) is 50.9 Å². The van der Waals surface area contributed by atoms with Crippen LogP contribution in [-0.2, 0) is 17.8 Å². The molecular formula is C79H49F6N3O2. The fourth-order valence-electron chi connectivity index (χ4n) is 15.5. The van der Waals surface area contributed by atoms with Crippen LogP contribution in [0.15, 0.2) is 263 Å². The number of aryl methyl sites for hydroxylation is 2. The molecule has 434 valence electrons. The number of rotatable bonds is 6. The maximum Gasteiger partial charge on any atom is 0.420 e. The molecule has 18 rings (SSSR count). The molecule has 2 atom stereocenters. The van der Waals surface area contributed by atoms with Gasteiger partial charge >= 0.3 is 12.4 Å². The number of nitrogens with zero attached hydrogens (tertiary/aromatic N) is 3. The van der Waals surface area contributed by atoms with Gasteiger partial charge in [-0.3, -0.25) is 0 Å². The molecule has 4 aliphatic rings. The van der Waals surface area contributed by atoms with Gasteiger partial charge in [0.1, 0.15) is 11.2 Å². The van der Waals surface area contributed by atoms with Crippen LogP contribution in [0.5, 0.6) is 0 Å². The van der Waals surface area contributed by atoms with Gasteiger partial charge in [0.25, 0.3) is 0 Å². The van der Waals surface area contributed by atoms with E-state index >= 15 is 13.2 Å². The fourth-order valence-corrected chi connectivity index (χ4v) is 15.5. The Morgan fingerprint density at radius 1 is 0.467 bits per heavy atom. The number of furan rings is 2. The molecule has 11 aromatic carbocycles. The summed E-state index contributed by atoms with van der Waals surface area (Å²) in [5.41, 5.74) is 14.6. The monoisotopic (exact) mass is 1190 g/mol. The lowest BCUT2D eigenvalue weighted by Gasteiger charge is -2.42. The number of benzene rings is 11. The zero-order valence-corrected chi connectivity index (χ0v) is 48.3. The van der Waals surface area contributed by atoms with Crippen molar-refractivity contribution in [2.45, 2.75) is 38.0 Å². The van der Waals surface area contributed by atoms with E-state index in [0.29, 0.717) is 49.8 Å². The van der Waals surface area contributed by atoms with Crippen LogP contribution in [0.2, 0.25) is 0 Å². The summed E-state index contributed by atoms with van der Waals surface area (Å²) in [6.07, 6.45) is 2.75. The summed E-state index contributed by atoms with van der Waals surface area (Å²) in [5, 5.41) is 5.83. The first kappa shape index (κ1) is 52.4. The van der Waals surface area contributed by atoms with Crippen molar-refractivity contribution < 1.29 is 35.2 Å². The minimum atomic E-state index is -4.69. The van der Waals surface area contributed by atoms with Crippen molar-refractivity contribution in [1.29, 1.82) is 0 Å². The molecular weight excluding hydrogens is 1140 g/mol. The Balaban J connectivity index is 0.989. The van der Waals surface area contributed by atoms with Gasteiger partial charge in [-0.2, -0.15) is 26.3 Å². The lowest BCUT2D eigenvalue weighted by Crippen LogP contribution is -2.35. The normalized spacial score (nSPS) is 16.7. The molecule has 4 heterocycles. The molecule has 0 amide bonds. The van der Waals surface area contributed by atoms with Gasteiger partial charge in [-0.25, -0.2) is 0 Å². The first-order valence-electron chi connectivity index (χ1n) is 30.0. The maximum atomic E-state index is 15.0. The molecule has 3 aliphatic carbocycles. The van der Waals surface area contributed by atoms with Crippen LogP contribution in [0.3, 0.4) is 0 Å². The second-order valence-electron chi connectivity index (χ2n) is 24.2. The van der Waals surface area contributed by atoms with E-state index < -0.39 is 28.9 Å². The Morgan fingerprint density at radius 2 is 1.02 bits per heavy atom. The lowest BCUT2D eigenvalue weighted by molar-refractivity contribution is -0.137.